The zero-order valence-corrected chi connectivity index (χ0v) is 15.4. The summed E-state index contributed by atoms with van der Waals surface area (Å²) in [5.74, 6) is 0.320. The largest absolute Gasteiger partial charge is 0.278 e. The van der Waals surface area contributed by atoms with Crippen LogP contribution in [0.2, 0.25) is 0 Å². The van der Waals surface area contributed by atoms with Gasteiger partial charge in [-0.1, -0.05) is 47.8 Å². The lowest BCUT2D eigenvalue weighted by Crippen LogP contribution is -2.30. The molecule has 1 amide bonds. The third-order valence-corrected chi connectivity index (χ3v) is 6.41. The molecule has 6 nitrogen and oxygen atoms in total. The van der Waals surface area contributed by atoms with Crippen molar-refractivity contribution in [3.05, 3.63) is 48.5 Å². The molecule has 1 aliphatic heterocycles. The normalized spacial score (nSPS) is 15.5. The van der Waals surface area contributed by atoms with Crippen LogP contribution in [-0.4, -0.2) is 31.9 Å². The van der Waals surface area contributed by atoms with Crippen LogP contribution in [0.25, 0.3) is 0 Å². The number of rotatable bonds is 4. The standard InChI is InChI=1S/C18H15N5OS2/c24-17(11-25-18-19-20-21-23(18)12-9-10-12)22-13-5-1-3-7-15(13)26-16-8-4-2-6-14(16)22/h1-8,12H,9-11H2. The maximum Gasteiger partial charge on any atom is 0.242 e. The van der Waals surface area contributed by atoms with Gasteiger partial charge >= 0.3 is 0 Å². The average Bonchev–Trinajstić information content (AvgIpc) is 3.42. The molecule has 1 fully saturated rings. The van der Waals surface area contributed by atoms with E-state index in [2.05, 4.69) is 27.7 Å². The number of aromatic nitrogens is 4. The topological polar surface area (TPSA) is 63.9 Å². The molecule has 0 saturated heterocycles. The third kappa shape index (κ3) is 2.79. The molecular weight excluding hydrogens is 366 g/mol. The number of carbonyl (C=O) groups is 1. The fourth-order valence-electron chi connectivity index (χ4n) is 2.99. The average molecular weight is 381 g/mol. The molecule has 130 valence electrons. The molecule has 1 saturated carbocycles. The summed E-state index contributed by atoms with van der Waals surface area (Å²) >= 11 is 3.10. The minimum atomic E-state index is 0.0283. The van der Waals surface area contributed by atoms with Crippen molar-refractivity contribution in [1.29, 1.82) is 0 Å². The van der Waals surface area contributed by atoms with Gasteiger partial charge in [0.1, 0.15) is 0 Å². The van der Waals surface area contributed by atoms with E-state index in [4.69, 9.17) is 0 Å². The van der Waals surface area contributed by atoms with Crippen molar-refractivity contribution < 1.29 is 4.79 Å². The molecule has 3 aromatic rings. The predicted molar refractivity (Wildman–Crippen MR) is 101 cm³/mol. The molecular formula is C18H15N5OS2. The van der Waals surface area contributed by atoms with Gasteiger partial charge < -0.3 is 0 Å². The first-order valence-electron chi connectivity index (χ1n) is 8.41. The van der Waals surface area contributed by atoms with Crippen LogP contribution in [0.1, 0.15) is 18.9 Å². The highest BCUT2D eigenvalue weighted by atomic mass is 32.2. The Morgan fingerprint density at radius 1 is 1.08 bits per heavy atom. The summed E-state index contributed by atoms with van der Waals surface area (Å²) in [6.45, 7) is 0. The molecule has 2 heterocycles. The summed E-state index contributed by atoms with van der Waals surface area (Å²) in [5.41, 5.74) is 1.87. The van der Waals surface area contributed by atoms with Gasteiger partial charge in [0.25, 0.3) is 0 Å². The molecule has 0 N–H and O–H groups in total. The molecule has 5 rings (SSSR count). The number of amides is 1. The number of benzene rings is 2. The molecule has 1 aliphatic carbocycles. The summed E-state index contributed by atoms with van der Waals surface area (Å²) in [5, 5.41) is 12.6. The van der Waals surface area contributed by atoms with Crippen LogP contribution in [-0.2, 0) is 4.79 Å². The van der Waals surface area contributed by atoms with Crippen molar-refractivity contribution >= 4 is 40.8 Å². The molecule has 0 radical (unpaired) electrons. The molecule has 26 heavy (non-hydrogen) atoms. The van der Waals surface area contributed by atoms with Crippen molar-refractivity contribution in [3.8, 4) is 0 Å². The van der Waals surface area contributed by atoms with E-state index in [1.54, 1.807) is 11.8 Å². The van der Waals surface area contributed by atoms with E-state index in [1.807, 2.05) is 46.0 Å². The van der Waals surface area contributed by atoms with Gasteiger partial charge in [0.15, 0.2) is 0 Å². The monoisotopic (exact) mass is 381 g/mol. The van der Waals surface area contributed by atoms with Gasteiger partial charge in [-0.3, -0.25) is 9.69 Å². The fraction of sp³-hybridized carbons (Fsp3) is 0.222. The Labute approximate surface area is 159 Å². The Morgan fingerprint density at radius 3 is 2.38 bits per heavy atom. The minimum Gasteiger partial charge on any atom is -0.278 e. The van der Waals surface area contributed by atoms with E-state index in [0.717, 1.165) is 34.0 Å². The predicted octanol–water partition coefficient (Wildman–Crippen LogP) is 3.93. The number of para-hydroxylation sites is 2. The number of tetrazole rings is 1. The van der Waals surface area contributed by atoms with Gasteiger partial charge in [-0.2, -0.15) is 0 Å². The summed E-state index contributed by atoms with van der Waals surface area (Å²) in [4.78, 5) is 17.1. The number of nitrogens with zero attached hydrogens (tertiary/aromatic N) is 5. The molecule has 0 bridgehead atoms. The lowest BCUT2D eigenvalue weighted by atomic mass is 10.2. The molecule has 0 spiro atoms. The Balaban J connectivity index is 1.43. The second-order valence-electron chi connectivity index (χ2n) is 6.19. The fourth-order valence-corrected chi connectivity index (χ4v) is 4.84. The molecule has 8 heteroatoms. The van der Waals surface area contributed by atoms with Crippen LogP contribution in [0.3, 0.4) is 0 Å². The second-order valence-corrected chi connectivity index (χ2v) is 8.22. The number of hydrogen-bond acceptors (Lipinski definition) is 6. The molecule has 2 aromatic carbocycles. The molecule has 0 atom stereocenters. The van der Waals surface area contributed by atoms with Crippen molar-refractivity contribution in [2.75, 3.05) is 10.7 Å². The van der Waals surface area contributed by atoms with Gasteiger partial charge in [0.05, 0.1) is 23.2 Å². The van der Waals surface area contributed by atoms with E-state index in [-0.39, 0.29) is 5.91 Å². The van der Waals surface area contributed by atoms with Crippen LogP contribution in [0, 0.1) is 0 Å². The first kappa shape index (κ1) is 15.9. The Kier molecular flexibility index (Phi) is 3.94. The first-order valence-corrected chi connectivity index (χ1v) is 10.2. The highest BCUT2D eigenvalue weighted by molar-refractivity contribution is 8.00. The molecule has 2 aliphatic rings. The van der Waals surface area contributed by atoms with E-state index >= 15 is 0 Å². The van der Waals surface area contributed by atoms with Gasteiger partial charge in [0.2, 0.25) is 11.1 Å². The SMILES string of the molecule is O=C(CSc1nnnn1C1CC1)N1c2ccccc2Sc2ccccc21. The van der Waals surface area contributed by atoms with Gasteiger partial charge in [-0.05, 0) is 47.5 Å². The quantitative estimate of drug-likeness (QED) is 0.638. The lowest BCUT2D eigenvalue weighted by Gasteiger charge is -2.30. The van der Waals surface area contributed by atoms with Crippen LogP contribution in [0.4, 0.5) is 11.4 Å². The summed E-state index contributed by atoms with van der Waals surface area (Å²) in [6, 6.07) is 16.4. The van der Waals surface area contributed by atoms with E-state index in [1.165, 1.54) is 11.8 Å². The maximum atomic E-state index is 13.1. The zero-order valence-electron chi connectivity index (χ0n) is 13.8. The van der Waals surface area contributed by atoms with E-state index in [9.17, 15) is 4.79 Å². The van der Waals surface area contributed by atoms with Crippen molar-refractivity contribution in [2.24, 2.45) is 0 Å². The highest BCUT2D eigenvalue weighted by Crippen LogP contribution is 2.48. The van der Waals surface area contributed by atoms with Crippen LogP contribution in [0.15, 0.2) is 63.5 Å². The Hall–Kier alpha value is -2.32. The second kappa shape index (κ2) is 6.44. The lowest BCUT2D eigenvalue weighted by molar-refractivity contribution is -0.115. The zero-order chi connectivity index (χ0) is 17.5. The molecule has 0 unspecified atom stereocenters. The number of carbonyl (C=O) groups excluding carboxylic acids is 1. The molecule has 1 aromatic heterocycles. The van der Waals surface area contributed by atoms with E-state index < -0.39 is 0 Å². The number of anilines is 2. The van der Waals surface area contributed by atoms with Crippen molar-refractivity contribution in [3.63, 3.8) is 0 Å². The van der Waals surface area contributed by atoms with Crippen molar-refractivity contribution in [2.45, 2.75) is 33.8 Å². The van der Waals surface area contributed by atoms with Crippen LogP contribution < -0.4 is 4.90 Å². The summed E-state index contributed by atoms with van der Waals surface area (Å²) in [7, 11) is 0. The third-order valence-electron chi connectivity index (χ3n) is 4.36. The minimum absolute atomic E-state index is 0.0283. The highest BCUT2D eigenvalue weighted by Gasteiger charge is 2.30. The summed E-state index contributed by atoms with van der Waals surface area (Å²) in [6.07, 6.45) is 2.22. The Morgan fingerprint density at radius 2 is 1.73 bits per heavy atom. The number of fused-ring (bicyclic) bond motifs is 2. The van der Waals surface area contributed by atoms with Crippen LogP contribution in [0.5, 0.6) is 0 Å². The smallest absolute Gasteiger partial charge is 0.242 e. The van der Waals surface area contributed by atoms with Gasteiger partial charge in [-0.15, -0.1) is 5.10 Å². The van der Waals surface area contributed by atoms with E-state index in [0.29, 0.717) is 17.0 Å². The van der Waals surface area contributed by atoms with Gasteiger partial charge in [-0.25, -0.2) is 4.68 Å². The van der Waals surface area contributed by atoms with Crippen LogP contribution >= 0.6 is 23.5 Å². The van der Waals surface area contributed by atoms with Crippen molar-refractivity contribution in [1.82, 2.24) is 20.2 Å². The Bertz CT molecular complexity index is 939. The maximum absolute atomic E-state index is 13.1. The number of thioether (sulfide) groups is 1. The first-order chi connectivity index (χ1) is 12.8. The van der Waals surface area contributed by atoms with Gasteiger partial charge in [0, 0.05) is 9.79 Å². The summed E-state index contributed by atoms with van der Waals surface area (Å²) < 4.78 is 1.84. The number of hydrogen-bond donors (Lipinski definition) is 0.